The van der Waals surface area contributed by atoms with E-state index in [-0.39, 0.29) is 47.6 Å². The molecule has 6 heterocycles. The van der Waals surface area contributed by atoms with Crippen LogP contribution < -0.4 is 26.7 Å². The summed E-state index contributed by atoms with van der Waals surface area (Å²) in [5.74, 6) is -0.912. The number of carbonyl (C=O) groups is 3. The van der Waals surface area contributed by atoms with Crippen LogP contribution in [-0.4, -0.2) is 106 Å². The van der Waals surface area contributed by atoms with Gasteiger partial charge in [-0.1, -0.05) is 42.5 Å². The molecule has 0 aliphatic carbocycles. The molecule has 4 aliphatic heterocycles. The zero-order valence-electron chi connectivity index (χ0n) is 35.7. The molecule has 3 fully saturated rings. The number of aromatic nitrogens is 4. The predicted molar refractivity (Wildman–Crippen MR) is 242 cm³/mol. The molecule has 3 amide bonds. The van der Waals surface area contributed by atoms with Gasteiger partial charge in [0.15, 0.2) is 6.17 Å². The van der Waals surface area contributed by atoms with Gasteiger partial charge in [0.2, 0.25) is 11.8 Å². The number of amides is 3. The van der Waals surface area contributed by atoms with Crippen LogP contribution in [0.1, 0.15) is 60.8 Å². The number of carbonyl (C=O) groups excluding carboxylic acids is 3. The summed E-state index contributed by atoms with van der Waals surface area (Å²) in [7, 11) is 0. The number of nitrogens with zero attached hydrogens (tertiary/aromatic N) is 8. The Bertz CT molecular complexity index is 2810. The third-order valence-electron chi connectivity index (χ3n) is 13.0. The standard InChI is InChI=1S/C48H49N11O6/c49-27-31-6-4-9-33(24-31)40-26-39(46(62)55-54-40)44(32-7-2-1-3-8-32)45-51-17-5-19-58(45)65-30-35-16-18-50-28-34(35)10-15-43(61)57-22-20-56(21-23-57)37-11-12-38-36(25-37)29-52-59(48(38)64)41-13-14-42(60)53-47(41)63/h1-9,11-12,17,19,24-26,29,34-35,41,44-45,50H,10,13-16,18,20-23,28,30H2,(H,55,62)(H,53,60,63). The fourth-order valence-electron chi connectivity index (χ4n) is 9.37. The van der Waals surface area contributed by atoms with Crippen LogP contribution in [0.25, 0.3) is 22.0 Å². The molecular formula is C48H49N11O6. The summed E-state index contributed by atoms with van der Waals surface area (Å²) in [5.41, 5.74) is 3.25. The van der Waals surface area contributed by atoms with E-state index in [2.05, 4.69) is 36.9 Å². The predicted octanol–water partition coefficient (Wildman–Crippen LogP) is 3.64. The average Bonchev–Trinajstić information content (AvgIpc) is 3.34. The van der Waals surface area contributed by atoms with Gasteiger partial charge in [0.1, 0.15) is 6.04 Å². The largest absolute Gasteiger partial charge is 0.368 e. The molecule has 17 heteroatoms. The van der Waals surface area contributed by atoms with Crippen LogP contribution in [0.4, 0.5) is 5.69 Å². The fourth-order valence-corrected chi connectivity index (χ4v) is 9.37. The summed E-state index contributed by atoms with van der Waals surface area (Å²) in [6, 6.07) is 25.5. The van der Waals surface area contributed by atoms with Gasteiger partial charge in [0, 0.05) is 73.6 Å². The van der Waals surface area contributed by atoms with E-state index in [0.717, 1.165) is 35.4 Å². The normalized spacial score (nSPS) is 21.6. The van der Waals surface area contributed by atoms with E-state index < -0.39 is 24.0 Å². The van der Waals surface area contributed by atoms with Crippen molar-refractivity contribution >= 4 is 40.4 Å². The van der Waals surface area contributed by atoms with Gasteiger partial charge < -0.3 is 15.1 Å². The molecule has 0 radical (unpaired) electrons. The lowest BCUT2D eigenvalue weighted by molar-refractivity contribution is -0.168. The lowest BCUT2D eigenvalue weighted by Gasteiger charge is -2.38. The lowest BCUT2D eigenvalue weighted by atomic mass is 9.84. The second kappa shape index (κ2) is 19.2. The van der Waals surface area contributed by atoms with Gasteiger partial charge in [0.05, 0.1) is 41.4 Å². The molecule has 0 saturated carbocycles. The molecule has 5 unspecified atom stereocenters. The summed E-state index contributed by atoms with van der Waals surface area (Å²) in [6.07, 6.45) is 8.73. The first-order valence-corrected chi connectivity index (χ1v) is 22.1. The number of hydrogen-bond acceptors (Lipinski definition) is 13. The van der Waals surface area contributed by atoms with Gasteiger partial charge in [-0.25, -0.2) is 14.8 Å². The number of piperazine rings is 1. The van der Waals surface area contributed by atoms with Crippen molar-refractivity contribution in [2.75, 3.05) is 50.8 Å². The molecule has 3 N–H and O–H groups in total. The first-order valence-electron chi connectivity index (χ1n) is 22.1. The number of benzene rings is 3. The SMILES string of the molecule is N#Cc1cccc(-c2cc(C(c3ccccc3)C3N=CC=CN3OCC3CCNCC3CCC(=O)N3CCN(c4ccc5c(=O)n(C6CCC(=O)NC6=O)ncc5c4)CC3)c(=O)[nH]n2)c1. The number of nitrogens with one attached hydrogen (secondary N) is 3. The third-order valence-corrected chi connectivity index (χ3v) is 13.0. The minimum atomic E-state index is -0.827. The Kier molecular flexibility index (Phi) is 12.7. The van der Waals surface area contributed by atoms with Crippen LogP contribution >= 0.6 is 0 Å². The van der Waals surface area contributed by atoms with Crippen molar-refractivity contribution < 1.29 is 19.2 Å². The Hall–Kier alpha value is -7.29. The van der Waals surface area contributed by atoms with Crippen molar-refractivity contribution in [2.24, 2.45) is 16.8 Å². The topological polar surface area (TPSA) is 211 Å². The number of imide groups is 1. The number of hydroxylamine groups is 2. The molecule has 0 spiro atoms. The Morgan fingerprint density at radius 2 is 1.78 bits per heavy atom. The maximum absolute atomic E-state index is 13.7. The molecule has 65 heavy (non-hydrogen) atoms. The molecule has 0 bridgehead atoms. The first kappa shape index (κ1) is 43.0. The minimum absolute atomic E-state index is 0.118. The third kappa shape index (κ3) is 9.35. The number of anilines is 1. The van der Waals surface area contributed by atoms with E-state index in [4.69, 9.17) is 9.83 Å². The van der Waals surface area contributed by atoms with Crippen molar-refractivity contribution in [3.05, 3.63) is 135 Å². The van der Waals surface area contributed by atoms with E-state index in [1.165, 1.54) is 0 Å². The Labute approximate surface area is 374 Å². The van der Waals surface area contributed by atoms with E-state index in [0.29, 0.717) is 78.8 Å². The van der Waals surface area contributed by atoms with E-state index in [1.807, 2.05) is 65.7 Å². The molecular weight excluding hydrogens is 827 g/mol. The highest BCUT2D eigenvalue weighted by Gasteiger charge is 2.35. The average molecular weight is 876 g/mol. The highest BCUT2D eigenvalue weighted by Crippen LogP contribution is 2.34. The summed E-state index contributed by atoms with van der Waals surface area (Å²) < 4.78 is 1.16. The molecule has 5 atom stereocenters. The summed E-state index contributed by atoms with van der Waals surface area (Å²) >= 11 is 0. The molecule has 3 saturated heterocycles. The van der Waals surface area contributed by atoms with Crippen molar-refractivity contribution in [3.63, 3.8) is 0 Å². The monoisotopic (exact) mass is 875 g/mol. The zero-order valence-corrected chi connectivity index (χ0v) is 35.7. The quantitative estimate of drug-likeness (QED) is 0.154. The molecule has 4 aliphatic rings. The van der Waals surface area contributed by atoms with Crippen molar-refractivity contribution in [3.8, 4) is 17.3 Å². The molecule has 9 rings (SSSR count). The smallest absolute Gasteiger partial charge is 0.275 e. The highest BCUT2D eigenvalue weighted by molar-refractivity contribution is 5.99. The van der Waals surface area contributed by atoms with Crippen LogP contribution in [0, 0.1) is 23.2 Å². The van der Waals surface area contributed by atoms with Crippen molar-refractivity contribution in [1.29, 1.82) is 5.26 Å². The maximum Gasteiger partial charge on any atom is 0.275 e. The number of allylic oxidation sites excluding steroid dienone is 1. The molecule has 2 aromatic heterocycles. The number of piperidine rings is 2. The number of hydrogen-bond donors (Lipinski definition) is 3. The van der Waals surface area contributed by atoms with E-state index in [9.17, 15) is 29.2 Å². The summed E-state index contributed by atoms with van der Waals surface area (Å²) in [4.78, 5) is 80.2. The van der Waals surface area contributed by atoms with Gasteiger partial charge in [-0.15, -0.1) is 0 Å². The lowest BCUT2D eigenvalue weighted by Crippen LogP contribution is -2.49. The van der Waals surface area contributed by atoms with Crippen LogP contribution in [-0.2, 0) is 19.2 Å². The zero-order chi connectivity index (χ0) is 44.9. The van der Waals surface area contributed by atoms with Crippen molar-refractivity contribution in [1.82, 2.24) is 40.6 Å². The van der Waals surface area contributed by atoms with Gasteiger partial charge in [0.25, 0.3) is 17.0 Å². The number of aliphatic imine (C=N–C) groups is 1. The number of H-pyrrole nitrogens is 1. The van der Waals surface area contributed by atoms with Crippen LogP contribution in [0.15, 0.2) is 112 Å². The molecule has 5 aromatic rings. The Morgan fingerprint density at radius 1 is 0.938 bits per heavy atom. The number of nitriles is 1. The van der Waals surface area contributed by atoms with Gasteiger partial charge in [-0.05, 0) is 92.2 Å². The number of aromatic amines is 1. The van der Waals surface area contributed by atoms with E-state index >= 15 is 0 Å². The van der Waals surface area contributed by atoms with Gasteiger partial charge in [-0.3, -0.25) is 39.1 Å². The maximum atomic E-state index is 13.7. The van der Waals surface area contributed by atoms with Crippen LogP contribution in [0.5, 0.6) is 0 Å². The number of fused-ring (bicyclic) bond motifs is 1. The summed E-state index contributed by atoms with van der Waals surface area (Å²) in [5, 5.41) is 29.5. The summed E-state index contributed by atoms with van der Waals surface area (Å²) in [6.45, 7) is 4.43. The minimum Gasteiger partial charge on any atom is -0.368 e. The molecule has 332 valence electrons. The fraction of sp³-hybridized carbons (Fsp3) is 0.354. The van der Waals surface area contributed by atoms with Crippen LogP contribution in [0.2, 0.25) is 0 Å². The Morgan fingerprint density at radius 3 is 2.60 bits per heavy atom. The Balaban J connectivity index is 0.822. The van der Waals surface area contributed by atoms with Gasteiger partial charge >= 0.3 is 0 Å². The van der Waals surface area contributed by atoms with E-state index in [1.54, 1.807) is 47.8 Å². The van der Waals surface area contributed by atoms with Crippen LogP contribution in [0.3, 0.4) is 0 Å². The van der Waals surface area contributed by atoms with Crippen molar-refractivity contribution in [2.45, 2.75) is 50.2 Å². The molecule has 17 nitrogen and oxygen atoms in total. The molecule has 3 aromatic carbocycles. The number of rotatable bonds is 12. The van der Waals surface area contributed by atoms with Gasteiger partial charge in [-0.2, -0.15) is 15.5 Å². The second-order valence-corrected chi connectivity index (χ2v) is 16.9. The second-order valence-electron chi connectivity index (χ2n) is 16.9. The highest BCUT2D eigenvalue weighted by atomic mass is 16.7. The first-order chi connectivity index (χ1) is 31.7.